The highest BCUT2D eigenvalue weighted by molar-refractivity contribution is 5.99. The van der Waals surface area contributed by atoms with Crippen LogP contribution in [0.5, 0.6) is 0 Å². The third-order valence-corrected chi connectivity index (χ3v) is 14.3. The number of benzene rings is 9. The van der Waals surface area contributed by atoms with E-state index in [4.69, 9.17) is 0 Å². The van der Waals surface area contributed by atoms with Crippen molar-refractivity contribution in [1.82, 2.24) is 0 Å². The molecule has 0 bridgehead atoms. The fourth-order valence-electron chi connectivity index (χ4n) is 11.2. The third-order valence-electron chi connectivity index (χ3n) is 14.3. The lowest BCUT2D eigenvalue weighted by atomic mass is 9.76. The molecule has 0 amide bonds. The van der Waals surface area contributed by atoms with Crippen LogP contribution in [-0.4, -0.2) is 0 Å². The van der Waals surface area contributed by atoms with Crippen LogP contribution in [0.3, 0.4) is 0 Å². The van der Waals surface area contributed by atoms with E-state index in [-0.39, 0.29) is 10.8 Å². The van der Waals surface area contributed by atoms with Gasteiger partial charge in [0.25, 0.3) is 0 Å². The minimum Gasteiger partial charge on any atom is -0.310 e. The Morgan fingerprint density at radius 2 is 1.05 bits per heavy atom. The first kappa shape index (κ1) is 39.9. The number of aryl methyl sites for hydroxylation is 1. The molecule has 2 aliphatic carbocycles. The monoisotopic (exact) mass is 825 g/mol. The molecule has 312 valence electrons. The zero-order valence-electron chi connectivity index (χ0n) is 37.5. The molecule has 0 saturated heterocycles. The summed E-state index contributed by atoms with van der Waals surface area (Å²) in [5.74, 6) is 0. The second-order valence-corrected chi connectivity index (χ2v) is 19.1. The first-order valence-corrected chi connectivity index (χ1v) is 23.4. The van der Waals surface area contributed by atoms with E-state index < -0.39 is 0 Å². The molecule has 1 nitrogen and oxygen atoms in total. The molecule has 0 atom stereocenters. The van der Waals surface area contributed by atoms with Crippen molar-refractivity contribution in [2.45, 2.75) is 70.6 Å². The minimum absolute atomic E-state index is 0.116. The minimum atomic E-state index is -0.176. The topological polar surface area (TPSA) is 3.24 Å². The Morgan fingerprint density at radius 3 is 1.83 bits per heavy atom. The maximum Gasteiger partial charge on any atom is 0.0546 e. The molecule has 0 aliphatic heterocycles. The van der Waals surface area contributed by atoms with Gasteiger partial charge >= 0.3 is 0 Å². The van der Waals surface area contributed by atoms with Crippen molar-refractivity contribution < 1.29 is 0 Å². The molecule has 64 heavy (non-hydrogen) atoms. The second-order valence-electron chi connectivity index (χ2n) is 19.1. The molecule has 0 N–H and O–H groups in total. The van der Waals surface area contributed by atoms with Crippen molar-refractivity contribution in [1.29, 1.82) is 0 Å². The van der Waals surface area contributed by atoms with Crippen LogP contribution >= 0.6 is 0 Å². The van der Waals surface area contributed by atoms with Crippen LogP contribution in [-0.2, 0) is 17.3 Å². The van der Waals surface area contributed by atoms with Crippen LogP contribution in [0.4, 0.5) is 17.1 Å². The Bertz CT molecular complexity index is 3180. The fraction of sp³-hybridized carbons (Fsp3) is 0.175. The number of hydrogen-bond acceptors (Lipinski definition) is 1. The maximum atomic E-state index is 2.56. The quantitative estimate of drug-likeness (QED) is 0.148. The summed E-state index contributed by atoms with van der Waals surface area (Å²) in [5.41, 5.74) is 21.8. The van der Waals surface area contributed by atoms with E-state index in [0.717, 1.165) is 17.8 Å². The largest absolute Gasteiger partial charge is 0.310 e. The molecule has 0 heterocycles. The van der Waals surface area contributed by atoms with Gasteiger partial charge in [0, 0.05) is 22.4 Å². The van der Waals surface area contributed by atoms with E-state index in [0.29, 0.717) is 0 Å². The maximum absolute atomic E-state index is 2.56. The summed E-state index contributed by atoms with van der Waals surface area (Å²) in [6, 6.07) is 75.5. The summed E-state index contributed by atoms with van der Waals surface area (Å²) in [4.78, 5) is 2.56. The van der Waals surface area contributed by atoms with Crippen molar-refractivity contribution in [3.05, 3.63) is 222 Å². The molecule has 0 aromatic heterocycles. The molecule has 11 rings (SSSR count). The van der Waals surface area contributed by atoms with E-state index in [1.807, 2.05) is 0 Å². The molecule has 0 unspecified atom stereocenters. The van der Waals surface area contributed by atoms with Gasteiger partial charge in [-0.3, -0.25) is 0 Å². The second kappa shape index (κ2) is 16.0. The highest BCUT2D eigenvalue weighted by Crippen LogP contribution is 2.58. The third kappa shape index (κ3) is 6.77. The van der Waals surface area contributed by atoms with Crippen LogP contribution < -0.4 is 4.90 Å². The van der Waals surface area contributed by atoms with E-state index in [1.54, 1.807) is 0 Å². The van der Waals surface area contributed by atoms with Crippen LogP contribution in [0.25, 0.3) is 66.4 Å². The summed E-state index contributed by atoms with van der Waals surface area (Å²) in [6.07, 6.45) is 6.00. The SMILES string of the molecule is CCc1ccccc1-c1ccc(N(c2ccc(-c3ccc4ccccc4c3)cc2C(C)(C)C)c2cccc(-c3ccccc3)c2-c2ccc3c(c2)-c2ccccc2C32CCCC2)cc1. The molecule has 2 aliphatic rings. The summed E-state index contributed by atoms with van der Waals surface area (Å²) < 4.78 is 0. The standard InChI is InChI=1S/C63H55N/c1-5-43-18-11-12-23-52(43)46-30-34-51(35-31-46)64(59-37-33-49(42-58(59)62(2,3)4)48-29-28-44-19-9-10-22-47(44)40-48)60-27-17-25-53(45-20-7-6-8-21-45)61(60)50-32-36-57-55(41-50)54-24-13-14-26-56(54)63(57)38-15-16-39-63/h6-14,17-37,40-42H,5,15-16,38-39H2,1-4H3. The predicted octanol–water partition coefficient (Wildman–Crippen LogP) is 17.7. The fourth-order valence-corrected chi connectivity index (χ4v) is 11.2. The summed E-state index contributed by atoms with van der Waals surface area (Å²) in [5, 5.41) is 2.51. The molecule has 1 fully saturated rings. The average Bonchev–Trinajstić information content (AvgIpc) is 3.95. The van der Waals surface area contributed by atoms with Crippen molar-refractivity contribution in [2.24, 2.45) is 0 Å². The van der Waals surface area contributed by atoms with Crippen LogP contribution in [0.2, 0.25) is 0 Å². The zero-order chi connectivity index (χ0) is 43.4. The van der Waals surface area contributed by atoms with Gasteiger partial charge in [-0.15, -0.1) is 0 Å². The van der Waals surface area contributed by atoms with Gasteiger partial charge in [-0.05, 0) is 150 Å². The Balaban J connectivity index is 1.16. The molecule has 1 spiro atoms. The average molecular weight is 826 g/mol. The number of fused-ring (bicyclic) bond motifs is 6. The Morgan fingerprint density at radius 1 is 0.438 bits per heavy atom. The van der Waals surface area contributed by atoms with E-state index >= 15 is 0 Å². The zero-order valence-corrected chi connectivity index (χ0v) is 37.5. The Labute approximate surface area is 379 Å². The van der Waals surface area contributed by atoms with E-state index in [2.05, 4.69) is 233 Å². The van der Waals surface area contributed by atoms with Crippen LogP contribution in [0.15, 0.2) is 200 Å². The lowest BCUT2D eigenvalue weighted by Gasteiger charge is -2.34. The Kier molecular flexibility index (Phi) is 9.96. The van der Waals surface area contributed by atoms with Gasteiger partial charge in [0.2, 0.25) is 0 Å². The smallest absolute Gasteiger partial charge is 0.0546 e. The van der Waals surface area contributed by atoms with Gasteiger partial charge in [-0.2, -0.15) is 0 Å². The Hall–Kier alpha value is -6.96. The van der Waals surface area contributed by atoms with Gasteiger partial charge in [-0.1, -0.05) is 198 Å². The lowest BCUT2D eigenvalue weighted by molar-refractivity contribution is 0.550. The van der Waals surface area contributed by atoms with Crippen molar-refractivity contribution in [3.8, 4) is 55.6 Å². The van der Waals surface area contributed by atoms with Gasteiger partial charge < -0.3 is 4.90 Å². The van der Waals surface area contributed by atoms with E-state index in [9.17, 15) is 0 Å². The number of anilines is 3. The number of nitrogens with zero attached hydrogens (tertiary/aromatic N) is 1. The number of hydrogen-bond donors (Lipinski definition) is 0. The molecular weight excluding hydrogens is 771 g/mol. The van der Waals surface area contributed by atoms with Gasteiger partial charge in [0.1, 0.15) is 0 Å². The summed E-state index contributed by atoms with van der Waals surface area (Å²) in [6.45, 7) is 9.32. The van der Waals surface area contributed by atoms with Crippen molar-refractivity contribution in [3.63, 3.8) is 0 Å². The summed E-state index contributed by atoms with van der Waals surface area (Å²) in [7, 11) is 0. The van der Waals surface area contributed by atoms with Crippen molar-refractivity contribution in [2.75, 3.05) is 4.90 Å². The summed E-state index contributed by atoms with van der Waals surface area (Å²) >= 11 is 0. The first-order chi connectivity index (χ1) is 31.3. The van der Waals surface area contributed by atoms with Gasteiger partial charge in [-0.25, -0.2) is 0 Å². The molecule has 1 saturated carbocycles. The predicted molar refractivity (Wildman–Crippen MR) is 273 cm³/mol. The van der Waals surface area contributed by atoms with Gasteiger partial charge in [0.15, 0.2) is 0 Å². The van der Waals surface area contributed by atoms with E-state index in [1.165, 1.54) is 120 Å². The first-order valence-electron chi connectivity index (χ1n) is 23.4. The molecule has 9 aromatic carbocycles. The normalized spacial score (nSPS) is 13.9. The van der Waals surface area contributed by atoms with Crippen LogP contribution in [0, 0.1) is 0 Å². The highest BCUT2D eigenvalue weighted by Gasteiger charge is 2.45. The lowest BCUT2D eigenvalue weighted by Crippen LogP contribution is -2.20. The van der Waals surface area contributed by atoms with Gasteiger partial charge in [0.05, 0.1) is 5.69 Å². The molecule has 0 radical (unpaired) electrons. The molecule has 9 aromatic rings. The van der Waals surface area contributed by atoms with Crippen LogP contribution in [0.1, 0.15) is 75.6 Å². The highest BCUT2D eigenvalue weighted by atomic mass is 15.1. The molecule has 1 heteroatoms. The van der Waals surface area contributed by atoms with Crippen molar-refractivity contribution >= 4 is 27.8 Å². The molecular formula is C63H55N. The number of rotatable bonds is 8.